The van der Waals surface area contributed by atoms with Crippen LogP contribution in [-0.2, 0) is 0 Å². The molecule has 1 aromatic carbocycles. The fourth-order valence-electron chi connectivity index (χ4n) is 1.19. The van der Waals surface area contributed by atoms with E-state index in [9.17, 15) is 0 Å². The lowest BCUT2D eigenvalue weighted by Gasteiger charge is -2.05. The fraction of sp³-hybridized carbons (Fsp3) is 0.385. The summed E-state index contributed by atoms with van der Waals surface area (Å²) in [4.78, 5) is 0. The number of hydrogen-bond acceptors (Lipinski definition) is 2. The van der Waals surface area contributed by atoms with Crippen molar-refractivity contribution in [2.45, 2.75) is 27.7 Å². The monoisotopic (exact) mass is 217 g/mol. The molecule has 0 aliphatic carbocycles. The maximum absolute atomic E-state index is 3.92. The molecular weight excluding hydrogens is 198 g/mol. The number of aryl methyl sites for hydroxylation is 2. The minimum absolute atomic E-state index is 0.429. The molecule has 0 amide bonds. The van der Waals surface area contributed by atoms with Crippen LogP contribution in [0, 0.1) is 19.8 Å². The molecule has 1 aromatic rings. The molecular formula is C13H19N3. The van der Waals surface area contributed by atoms with Crippen LogP contribution in [0.5, 0.6) is 0 Å². The molecule has 0 saturated carbocycles. The summed E-state index contributed by atoms with van der Waals surface area (Å²) in [5.41, 5.74) is 3.50. The molecule has 1 N–H and O–H groups in total. The van der Waals surface area contributed by atoms with E-state index in [1.165, 1.54) is 11.1 Å². The van der Waals surface area contributed by atoms with Crippen LogP contribution >= 0.6 is 0 Å². The van der Waals surface area contributed by atoms with Crippen molar-refractivity contribution in [3.8, 4) is 0 Å². The number of nitrogens with zero attached hydrogens (tertiary/aromatic N) is 2. The Kier molecular flexibility index (Phi) is 4.70. The minimum atomic E-state index is 0.429. The lowest BCUT2D eigenvalue weighted by Crippen LogP contribution is -1.97. The molecule has 86 valence electrons. The van der Waals surface area contributed by atoms with Crippen molar-refractivity contribution < 1.29 is 0 Å². The molecule has 0 unspecified atom stereocenters. The van der Waals surface area contributed by atoms with E-state index < -0.39 is 0 Å². The van der Waals surface area contributed by atoms with Gasteiger partial charge in [0.1, 0.15) is 6.34 Å². The summed E-state index contributed by atoms with van der Waals surface area (Å²) in [6.07, 6.45) is 3.42. The van der Waals surface area contributed by atoms with Crippen molar-refractivity contribution >= 4 is 18.2 Å². The van der Waals surface area contributed by atoms with Gasteiger partial charge in [0.15, 0.2) is 0 Å². The molecule has 0 heterocycles. The van der Waals surface area contributed by atoms with Gasteiger partial charge in [-0.1, -0.05) is 26.0 Å². The summed E-state index contributed by atoms with van der Waals surface area (Å²) in [5, 5.41) is 11.0. The van der Waals surface area contributed by atoms with Crippen molar-refractivity contribution in [1.29, 1.82) is 0 Å². The van der Waals surface area contributed by atoms with E-state index in [1.54, 1.807) is 12.6 Å². The maximum atomic E-state index is 3.92. The van der Waals surface area contributed by atoms with E-state index in [4.69, 9.17) is 0 Å². The van der Waals surface area contributed by atoms with E-state index in [0.717, 1.165) is 5.69 Å². The fourth-order valence-corrected chi connectivity index (χ4v) is 1.19. The number of hydrogen-bond donors (Lipinski definition) is 1. The SMILES string of the molecule is Cc1ccc(C)c(N/C=N/N=C/C(C)C)c1. The third-order valence-electron chi connectivity index (χ3n) is 2.10. The molecule has 0 saturated heterocycles. The van der Waals surface area contributed by atoms with Crippen molar-refractivity contribution in [3.63, 3.8) is 0 Å². The van der Waals surface area contributed by atoms with Gasteiger partial charge < -0.3 is 5.32 Å². The summed E-state index contributed by atoms with van der Waals surface area (Å²) in [5.74, 6) is 0.429. The highest BCUT2D eigenvalue weighted by atomic mass is 15.2. The number of nitrogens with one attached hydrogen (secondary N) is 1. The van der Waals surface area contributed by atoms with Crippen LogP contribution < -0.4 is 5.32 Å². The van der Waals surface area contributed by atoms with Gasteiger partial charge in [-0.25, -0.2) is 0 Å². The van der Waals surface area contributed by atoms with E-state index in [-0.39, 0.29) is 0 Å². The van der Waals surface area contributed by atoms with Gasteiger partial charge in [0.05, 0.1) is 0 Å². The van der Waals surface area contributed by atoms with Crippen molar-refractivity contribution in [3.05, 3.63) is 29.3 Å². The molecule has 0 bridgehead atoms. The van der Waals surface area contributed by atoms with Gasteiger partial charge >= 0.3 is 0 Å². The normalized spacial score (nSPS) is 11.8. The minimum Gasteiger partial charge on any atom is -0.345 e. The second-order valence-electron chi connectivity index (χ2n) is 4.22. The summed E-state index contributed by atoms with van der Waals surface area (Å²) in [6, 6.07) is 6.27. The molecule has 0 spiro atoms. The summed E-state index contributed by atoms with van der Waals surface area (Å²) in [7, 11) is 0. The molecule has 16 heavy (non-hydrogen) atoms. The van der Waals surface area contributed by atoms with Crippen LogP contribution in [0.25, 0.3) is 0 Å². The zero-order valence-corrected chi connectivity index (χ0v) is 10.4. The third-order valence-corrected chi connectivity index (χ3v) is 2.10. The predicted molar refractivity (Wildman–Crippen MR) is 71.4 cm³/mol. The summed E-state index contributed by atoms with van der Waals surface area (Å²) < 4.78 is 0. The van der Waals surface area contributed by atoms with Gasteiger partial charge in [0, 0.05) is 11.9 Å². The molecule has 0 fully saturated rings. The zero-order valence-electron chi connectivity index (χ0n) is 10.4. The first-order chi connectivity index (χ1) is 7.59. The molecule has 0 aromatic heterocycles. The van der Waals surface area contributed by atoms with E-state index >= 15 is 0 Å². The first-order valence-electron chi connectivity index (χ1n) is 5.48. The smallest absolute Gasteiger partial charge is 0.115 e. The Labute approximate surface area is 97.3 Å². The van der Waals surface area contributed by atoms with Crippen LogP contribution in [-0.4, -0.2) is 12.6 Å². The Bertz CT molecular complexity index is 392. The Morgan fingerprint density at radius 3 is 2.62 bits per heavy atom. The Hall–Kier alpha value is -1.64. The van der Waals surface area contributed by atoms with Crippen molar-refractivity contribution in [2.75, 3.05) is 5.32 Å². The van der Waals surface area contributed by atoms with Crippen molar-refractivity contribution in [2.24, 2.45) is 16.1 Å². The van der Waals surface area contributed by atoms with Gasteiger partial charge in [0.2, 0.25) is 0 Å². The van der Waals surface area contributed by atoms with E-state index in [0.29, 0.717) is 5.92 Å². The molecule has 0 aliphatic heterocycles. The quantitative estimate of drug-likeness (QED) is 0.468. The lowest BCUT2D eigenvalue weighted by atomic mass is 10.1. The topological polar surface area (TPSA) is 36.8 Å². The van der Waals surface area contributed by atoms with Crippen LogP contribution in [0.4, 0.5) is 5.69 Å². The van der Waals surface area contributed by atoms with Gasteiger partial charge in [-0.3, -0.25) is 0 Å². The second-order valence-corrected chi connectivity index (χ2v) is 4.22. The first kappa shape index (κ1) is 12.4. The highest BCUT2D eigenvalue weighted by Gasteiger charge is 1.95. The Balaban J connectivity index is 2.57. The molecule has 0 atom stereocenters. The van der Waals surface area contributed by atoms with Gasteiger partial charge in [-0.2, -0.15) is 5.10 Å². The molecule has 0 aliphatic rings. The zero-order chi connectivity index (χ0) is 12.0. The largest absolute Gasteiger partial charge is 0.345 e. The van der Waals surface area contributed by atoms with E-state index in [1.807, 2.05) is 0 Å². The maximum Gasteiger partial charge on any atom is 0.115 e. The number of benzene rings is 1. The van der Waals surface area contributed by atoms with Crippen LogP contribution in [0.2, 0.25) is 0 Å². The third kappa shape index (κ3) is 4.26. The number of rotatable bonds is 4. The van der Waals surface area contributed by atoms with Crippen LogP contribution in [0.3, 0.4) is 0 Å². The summed E-state index contributed by atoms with van der Waals surface area (Å²) >= 11 is 0. The van der Waals surface area contributed by atoms with Gasteiger partial charge in [-0.05, 0) is 37.0 Å². The van der Waals surface area contributed by atoms with Gasteiger partial charge in [-0.15, -0.1) is 5.10 Å². The second kappa shape index (κ2) is 6.05. The van der Waals surface area contributed by atoms with Crippen LogP contribution in [0.1, 0.15) is 25.0 Å². The van der Waals surface area contributed by atoms with E-state index in [2.05, 4.69) is 61.4 Å². The highest BCUT2D eigenvalue weighted by Crippen LogP contribution is 2.15. The summed E-state index contributed by atoms with van der Waals surface area (Å²) in [6.45, 7) is 8.26. The molecule has 3 heteroatoms. The highest BCUT2D eigenvalue weighted by molar-refractivity contribution is 5.77. The molecule has 3 nitrogen and oxygen atoms in total. The molecule has 0 radical (unpaired) electrons. The molecule has 1 rings (SSSR count). The Morgan fingerprint density at radius 1 is 1.19 bits per heavy atom. The Morgan fingerprint density at radius 2 is 1.94 bits per heavy atom. The van der Waals surface area contributed by atoms with Crippen LogP contribution in [0.15, 0.2) is 28.4 Å². The van der Waals surface area contributed by atoms with Crippen molar-refractivity contribution in [1.82, 2.24) is 0 Å². The van der Waals surface area contributed by atoms with Gasteiger partial charge in [0.25, 0.3) is 0 Å². The first-order valence-corrected chi connectivity index (χ1v) is 5.48. The average molecular weight is 217 g/mol. The lowest BCUT2D eigenvalue weighted by molar-refractivity contribution is 0.900. The number of anilines is 1. The average Bonchev–Trinajstić information content (AvgIpc) is 2.22. The predicted octanol–water partition coefficient (Wildman–Crippen LogP) is 3.39. The standard InChI is InChI=1S/C13H19N3/c1-10(2)8-15-16-9-14-13-7-11(3)5-6-12(13)4/h5-10H,1-4H3,(H,14,16)/b15-8+.